The molecule has 2 aromatic carbocycles. The molecule has 0 saturated heterocycles. The van der Waals surface area contributed by atoms with Gasteiger partial charge in [-0.3, -0.25) is 4.79 Å². The third-order valence-corrected chi connectivity index (χ3v) is 6.08. The Hall–Kier alpha value is -0.870. The minimum Gasteiger partial charge on any atom is -0.326 e. The fourth-order valence-corrected chi connectivity index (χ4v) is 3.66. The lowest BCUT2D eigenvalue weighted by Gasteiger charge is -2.13. The molecular weight excluding hydrogens is 370 g/mol. The number of alkyl halides is 2. The average molecular weight is 383 g/mol. The Bertz CT molecular complexity index is 668. The summed E-state index contributed by atoms with van der Waals surface area (Å²) in [7, 11) is 0. The number of carbonyl (C=O) groups is 1. The number of carbonyl (C=O) groups excluding carboxylic acids is 1. The second-order valence-electron chi connectivity index (χ2n) is 5.23. The molecule has 1 N–H and O–H groups in total. The maximum absolute atomic E-state index is 12.3. The molecule has 0 spiro atoms. The van der Waals surface area contributed by atoms with Crippen molar-refractivity contribution in [3.63, 3.8) is 0 Å². The zero-order chi connectivity index (χ0) is 13.7. The molecule has 98 valence electrons. The van der Waals surface area contributed by atoms with Crippen molar-refractivity contribution in [2.24, 2.45) is 5.41 Å². The van der Waals surface area contributed by atoms with Gasteiger partial charge in [0, 0.05) is 5.69 Å². The van der Waals surface area contributed by atoms with Gasteiger partial charge in [0.1, 0.15) is 0 Å². The van der Waals surface area contributed by atoms with Crippen LogP contribution in [0.3, 0.4) is 0 Å². The molecule has 2 nitrogen and oxygen atoms in total. The molecule has 0 radical (unpaired) electrons. The van der Waals surface area contributed by atoms with E-state index in [1.165, 1.54) is 5.39 Å². The van der Waals surface area contributed by atoms with Crippen molar-refractivity contribution < 1.29 is 4.79 Å². The number of nitrogens with one attached hydrogen (secondary N) is 1. The molecule has 19 heavy (non-hydrogen) atoms. The summed E-state index contributed by atoms with van der Waals surface area (Å²) in [6.07, 6.45) is 0.791. The predicted octanol–water partition coefficient (Wildman–Crippen LogP) is 4.67. The molecular formula is C15H13Br2NO. The number of anilines is 1. The Balaban J connectivity index is 1.84. The largest absolute Gasteiger partial charge is 0.326 e. The quantitative estimate of drug-likeness (QED) is 0.751. The molecule has 0 unspecified atom stereocenters. The number of halogens is 2. The maximum Gasteiger partial charge on any atom is 0.232 e. The van der Waals surface area contributed by atoms with E-state index in [1.807, 2.05) is 43.3 Å². The number of amides is 1. The zero-order valence-electron chi connectivity index (χ0n) is 10.4. The number of fused-ring (bicyclic) bond motifs is 1. The van der Waals surface area contributed by atoms with Gasteiger partial charge in [-0.2, -0.15) is 0 Å². The molecule has 0 bridgehead atoms. The first-order chi connectivity index (χ1) is 8.92. The van der Waals surface area contributed by atoms with Crippen LogP contribution >= 0.6 is 31.9 Å². The molecule has 4 heteroatoms. The molecule has 1 saturated carbocycles. The normalized spacial score (nSPS) is 24.2. The van der Waals surface area contributed by atoms with Gasteiger partial charge in [0.2, 0.25) is 5.91 Å². The molecule has 1 atom stereocenters. The van der Waals surface area contributed by atoms with Crippen molar-refractivity contribution in [3.05, 3.63) is 42.5 Å². The van der Waals surface area contributed by atoms with Crippen LogP contribution in [0.5, 0.6) is 0 Å². The van der Waals surface area contributed by atoms with E-state index in [1.54, 1.807) is 0 Å². The van der Waals surface area contributed by atoms with Crippen LogP contribution in [0.1, 0.15) is 13.3 Å². The first kappa shape index (κ1) is 13.1. The SMILES string of the molecule is C[C@@]1(C(=O)Nc2ccc3ccccc3c2)CC1(Br)Br. The smallest absolute Gasteiger partial charge is 0.232 e. The summed E-state index contributed by atoms with van der Waals surface area (Å²) in [5, 5.41) is 5.30. The molecule has 1 aliphatic rings. The highest BCUT2D eigenvalue weighted by atomic mass is 79.9. The third-order valence-electron chi connectivity index (χ3n) is 3.77. The molecule has 0 heterocycles. The van der Waals surface area contributed by atoms with Crippen LogP contribution in [0.25, 0.3) is 10.8 Å². The van der Waals surface area contributed by atoms with Crippen LogP contribution in [0, 0.1) is 5.41 Å². The Morgan fingerprint density at radius 3 is 2.42 bits per heavy atom. The highest BCUT2D eigenvalue weighted by Gasteiger charge is 2.66. The number of hydrogen-bond donors (Lipinski definition) is 1. The van der Waals surface area contributed by atoms with Gasteiger partial charge in [0.25, 0.3) is 0 Å². The molecule has 0 aromatic heterocycles. The average Bonchev–Trinajstić information content (AvgIpc) is 2.90. The zero-order valence-corrected chi connectivity index (χ0v) is 13.6. The van der Waals surface area contributed by atoms with Gasteiger partial charge in [0.05, 0.1) is 8.65 Å². The van der Waals surface area contributed by atoms with Crippen molar-refractivity contribution >= 4 is 54.2 Å². The van der Waals surface area contributed by atoms with E-state index in [0.29, 0.717) is 0 Å². The summed E-state index contributed by atoms with van der Waals surface area (Å²) < 4.78 is -0.256. The summed E-state index contributed by atoms with van der Waals surface area (Å²) in [4.78, 5) is 12.3. The lowest BCUT2D eigenvalue weighted by atomic mass is 10.1. The Labute approximate surface area is 128 Å². The van der Waals surface area contributed by atoms with E-state index in [2.05, 4.69) is 43.2 Å². The maximum atomic E-state index is 12.3. The lowest BCUT2D eigenvalue weighted by Crippen LogP contribution is -2.25. The van der Waals surface area contributed by atoms with Crippen molar-refractivity contribution in [2.75, 3.05) is 5.32 Å². The second kappa shape index (κ2) is 4.32. The van der Waals surface area contributed by atoms with Crippen molar-refractivity contribution in [3.8, 4) is 0 Å². The topological polar surface area (TPSA) is 29.1 Å². The van der Waals surface area contributed by atoms with Crippen LogP contribution < -0.4 is 5.32 Å². The van der Waals surface area contributed by atoms with Crippen molar-refractivity contribution in [2.45, 2.75) is 16.6 Å². The van der Waals surface area contributed by atoms with E-state index in [0.717, 1.165) is 17.5 Å². The van der Waals surface area contributed by atoms with Crippen molar-refractivity contribution in [1.29, 1.82) is 0 Å². The van der Waals surface area contributed by atoms with Crippen LogP contribution in [-0.4, -0.2) is 9.14 Å². The first-order valence-corrected chi connectivity index (χ1v) is 7.69. The molecule has 2 aromatic rings. The van der Waals surface area contributed by atoms with Gasteiger partial charge in [-0.15, -0.1) is 0 Å². The molecule has 3 rings (SSSR count). The summed E-state index contributed by atoms with van der Waals surface area (Å²) in [6.45, 7) is 1.95. The summed E-state index contributed by atoms with van der Waals surface area (Å²) >= 11 is 7.04. The van der Waals surface area contributed by atoms with Gasteiger partial charge in [-0.1, -0.05) is 62.2 Å². The van der Waals surface area contributed by atoms with Crippen LogP contribution in [-0.2, 0) is 4.79 Å². The first-order valence-electron chi connectivity index (χ1n) is 6.10. The van der Waals surface area contributed by atoms with Gasteiger partial charge in [-0.25, -0.2) is 0 Å². The van der Waals surface area contributed by atoms with Gasteiger partial charge < -0.3 is 5.32 Å². The van der Waals surface area contributed by atoms with E-state index in [9.17, 15) is 4.79 Å². The summed E-state index contributed by atoms with van der Waals surface area (Å²) in [6, 6.07) is 14.1. The van der Waals surface area contributed by atoms with Gasteiger partial charge in [-0.05, 0) is 36.2 Å². The molecule has 0 aliphatic heterocycles. The lowest BCUT2D eigenvalue weighted by molar-refractivity contribution is -0.120. The Morgan fingerprint density at radius 1 is 1.16 bits per heavy atom. The fourth-order valence-electron chi connectivity index (χ4n) is 2.18. The van der Waals surface area contributed by atoms with Crippen LogP contribution in [0.2, 0.25) is 0 Å². The minimum absolute atomic E-state index is 0.0385. The monoisotopic (exact) mass is 381 g/mol. The fraction of sp³-hybridized carbons (Fsp3) is 0.267. The van der Waals surface area contributed by atoms with E-state index >= 15 is 0 Å². The Kier molecular flexibility index (Phi) is 2.98. The number of benzene rings is 2. The van der Waals surface area contributed by atoms with E-state index in [-0.39, 0.29) is 9.14 Å². The molecule has 1 amide bonds. The second-order valence-corrected chi connectivity index (χ2v) is 9.00. The van der Waals surface area contributed by atoms with Gasteiger partial charge in [0.15, 0.2) is 0 Å². The minimum atomic E-state index is -0.390. The Morgan fingerprint density at radius 2 is 1.79 bits per heavy atom. The standard InChI is InChI=1S/C15H13Br2NO/c1-14(9-15(14,16)17)13(19)18-12-7-6-10-4-2-3-5-11(10)8-12/h2-8H,9H2,1H3,(H,18,19)/t14-/m0/s1. The highest BCUT2D eigenvalue weighted by Crippen LogP contribution is 2.66. The van der Waals surface area contributed by atoms with Crippen LogP contribution in [0.4, 0.5) is 5.69 Å². The van der Waals surface area contributed by atoms with E-state index < -0.39 is 5.41 Å². The predicted molar refractivity (Wildman–Crippen MR) is 85.9 cm³/mol. The number of rotatable bonds is 2. The van der Waals surface area contributed by atoms with Gasteiger partial charge >= 0.3 is 0 Å². The van der Waals surface area contributed by atoms with Crippen molar-refractivity contribution in [1.82, 2.24) is 0 Å². The summed E-state index contributed by atoms with van der Waals surface area (Å²) in [5.74, 6) is 0.0385. The molecule has 1 aliphatic carbocycles. The highest BCUT2D eigenvalue weighted by molar-refractivity contribution is 9.25. The number of hydrogen-bond acceptors (Lipinski definition) is 1. The van der Waals surface area contributed by atoms with E-state index in [4.69, 9.17) is 0 Å². The third kappa shape index (κ3) is 2.21. The van der Waals surface area contributed by atoms with Crippen LogP contribution in [0.15, 0.2) is 42.5 Å². The molecule has 1 fully saturated rings. The summed E-state index contributed by atoms with van der Waals surface area (Å²) in [5.41, 5.74) is 0.450.